The monoisotopic (exact) mass is 249 g/mol. The lowest BCUT2D eigenvalue weighted by Crippen LogP contribution is -2.20. The molecule has 0 radical (unpaired) electrons. The summed E-state index contributed by atoms with van der Waals surface area (Å²) in [7, 11) is 0. The van der Waals surface area contributed by atoms with Gasteiger partial charge in [-0.2, -0.15) is 0 Å². The lowest BCUT2D eigenvalue weighted by Gasteiger charge is -2.26. The van der Waals surface area contributed by atoms with E-state index >= 15 is 0 Å². The number of allylic oxidation sites excluding steroid dienone is 1. The van der Waals surface area contributed by atoms with Gasteiger partial charge in [-0.25, -0.2) is 0 Å². The molecule has 0 bridgehead atoms. The van der Waals surface area contributed by atoms with E-state index in [1.807, 2.05) is 0 Å². The quantitative estimate of drug-likeness (QED) is 0.446. The van der Waals surface area contributed by atoms with Gasteiger partial charge in [-0.3, -0.25) is 4.99 Å². The van der Waals surface area contributed by atoms with Gasteiger partial charge in [0.05, 0.1) is 0 Å². The molecule has 0 aromatic carbocycles. The molecular weight excluding hydrogens is 218 g/mol. The lowest BCUT2D eigenvalue weighted by atomic mass is 9.81. The van der Waals surface area contributed by atoms with Crippen LogP contribution < -0.4 is 0 Å². The van der Waals surface area contributed by atoms with Crippen molar-refractivity contribution in [3.8, 4) is 0 Å². The average molecular weight is 249 g/mol. The van der Waals surface area contributed by atoms with Gasteiger partial charge < -0.3 is 0 Å². The average Bonchev–Trinajstić information content (AvgIpc) is 2.86. The second-order valence-corrected chi connectivity index (χ2v) is 7.06. The van der Waals surface area contributed by atoms with E-state index in [0.717, 1.165) is 24.2 Å². The number of hydrogen-bond acceptors (Lipinski definition) is 1. The van der Waals surface area contributed by atoms with Crippen molar-refractivity contribution in [3.05, 3.63) is 12.7 Å². The summed E-state index contributed by atoms with van der Waals surface area (Å²) in [5, 5.41) is 0. The molecule has 1 saturated carbocycles. The van der Waals surface area contributed by atoms with E-state index in [9.17, 15) is 0 Å². The van der Waals surface area contributed by atoms with Crippen LogP contribution in [0.1, 0.15) is 54.4 Å². The van der Waals surface area contributed by atoms with Crippen molar-refractivity contribution in [1.82, 2.24) is 0 Å². The first-order chi connectivity index (χ1) is 8.28. The maximum Gasteiger partial charge on any atom is 0.0493 e. The molecule has 1 nitrogen and oxygen atoms in total. The molecule has 4 unspecified atom stereocenters. The van der Waals surface area contributed by atoms with Gasteiger partial charge in [-0.15, -0.1) is 6.58 Å². The van der Waals surface area contributed by atoms with Crippen molar-refractivity contribution in [2.24, 2.45) is 34.1 Å². The Balaban J connectivity index is 2.33. The normalized spacial score (nSPS) is 31.3. The first kappa shape index (κ1) is 15.5. The number of aliphatic imine (C=N–C) groups is 1. The standard InChI is InChI=1S/C17H31N/c1-8-17(6,7)11-12(2)15(5)18-10-9-16-13(3)14(16)4/h8,10,12-16H,1,9,11H2,2-7H3. The zero-order valence-electron chi connectivity index (χ0n) is 13.1. The fourth-order valence-electron chi connectivity index (χ4n) is 2.77. The molecule has 1 fully saturated rings. The van der Waals surface area contributed by atoms with Crippen molar-refractivity contribution in [2.45, 2.75) is 60.4 Å². The highest BCUT2D eigenvalue weighted by Crippen LogP contribution is 2.47. The summed E-state index contributed by atoms with van der Waals surface area (Å²) >= 11 is 0. The van der Waals surface area contributed by atoms with E-state index in [1.54, 1.807) is 0 Å². The van der Waals surface area contributed by atoms with Gasteiger partial charge in [-0.05, 0) is 55.1 Å². The SMILES string of the molecule is C=CC(C)(C)CC(C)C(C)N=CCC1C(C)C1C. The Kier molecular flexibility index (Phi) is 5.19. The van der Waals surface area contributed by atoms with E-state index in [2.05, 4.69) is 60.4 Å². The third-order valence-electron chi connectivity index (χ3n) is 4.98. The molecule has 0 saturated heterocycles. The Morgan fingerprint density at radius 1 is 1.22 bits per heavy atom. The van der Waals surface area contributed by atoms with E-state index in [-0.39, 0.29) is 5.41 Å². The summed E-state index contributed by atoms with van der Waals surface area (Å²) in [6, 6.07) is 0.425. The van der Waals surface area contributed by atoms with E-state index < -0.39 is 0 Å². The Morgan fingerprint density at radius 3 is 2.22 bits per heavy atom. The zero-order valence-corrected chi connectivity index (χ0v) is 13.1. The first-order valence-electron chi connectivity index (χ1n) is 7.43. The van der Waals surface area contributed by atoms with Crippen molar-refractivity contribution >= 4 is 6.21 Å². The first-order valence-corrected chi connectivity index (χ1v) is 7.43. The van der Waals surface area contributed by atoms with Crippen LogP contribution in [-0.4, -0.2) is 12.3 Å². The highest BCUT2D eigenvalue weighted by molar-refractivity contribution is 5.58. The molecule has 1 rings (SSSR count). The minimum Gasteiger partial charge on any atom is -0.294 e. The maximum atomic E-state index is 4.73. The molecule has 0 heterocycles. The number of hydrogen-bond donors (Lipinski definition) is 0. The van der Waals surface area contributed by atoms with Gasteiger partial charge >= 0.3 is 0 Å². The molecule has 1 aliphatic rings. The lowest BCUT2D eigenvalue weighted by molar-refractivity contribution is 0.320. The Morgan fingerprint density at radius 2 is 1.78 bits per heavy atom. The summed E-state index contributed by atoms with van der Waals surface area (Å²) in [6.07, 6.45) is 6.57. The summed E-state index contributed by atoms with van der Waals surface area (Å²) < 4.78 is 0. The van der Waals surface area contributed by atoms with Gasteiger partial charge in [-0.1, -0.05) is 40.7 Å². The van der Waals surface area contributed by atoms with Gasteiger partial charge in [0.25, 0.3) is 0 Å². The molecule has 18 heavy (non-hydrogen) atoms. The summed E-state index contributed by atoms with van der Waals surface area (Å²) in [5.74, 6) is 3.32. The molecule has 104 valence electrons. The van der Waals surface area contributed by atoms with Crippen LogP contribution in [0.25, 0.3) is 0 Å². The molecule has 4 atom stereocenters. The molecular formula is C17H31N. The van der Waals surface area contributed by atoms with Crippen LogP contribution >= 0.6 is 0 Å². The molecule has 1 aliphatic carbocycles. The molecule has 0 aromatic heterocycles. The fraction of sp³-hybridized carbons (Fsp3) is 0.824. The van der Waals surface area contributed by atoms with Crippen LogP contribution in [0.3, 0.4) is 0 Å². The Labute approximate surface area is 114 Å². The zero-order chi connectivity index (χ0) is 13.9. The van der Waals surface area contributed by atoms with Crippen molar-refractivity contribution in [3.63, 3.8) is 0 Å². The van der Waals surface area contributed by atoms with Gasteiger partial charge in [0.1, 0.15) is 0 Å². The van der Waals surface area contributed by atoms with Crippen LogP contribution in [0.2, 0.25) is 0 Å². The smallest absolute Gasteiger partial charge is 0.0493 e. The fourth-order valence-corrected chi connectivity index (χ4v) is 2.77. The highest BCUT2D eigenvalue weighted by atomic mass is 14.8. The van der Waals surface area contributed by atoms with Crippen LogP contribution in [0.5, 0.6) is 0 Å². The molecule has 0 aliphatic heterocycles. The van der Waals surface area contributed by atoms with Gasteiger partial charge in [0, 0.05) is 6.04 Å². The van der Waals surface area contributed by atoms with Crippen LogP contribution in [0, 0.1) is 29.1 Å². The van der Waals surface area contributed by atoms with Crippen molar-refractivity contribution in [1.29, 1.82) is 0 Å². The molecule has 1 heteroatoms. The molecule has 0 aromatic rings. The number of rotatable bonds is 7. The number of nitrogens with zero attached hydrogens (tertiary/aromatic N) is 1. The van der Waals surface area contributed by atoms with E-state index in [0.29, 0.717) is 12.0 Å². The summed E-state index contributed by atoms with van der Waals surface area (Å²) in [6.45, 7) is 17.7. The predicted molar refractivity (Wildman–Crippen MR) is 82.1 cm³/mol. The Hall–Kier alpha value is -0.590. The van der Waals surface area contributed by atoms with Crippen LogP contribution in [-0.2, 0) is 0 Å². The molecule has 0 amide bonds. The van der Waals surface area contributed by atoms with Crippen molar-refractivity contribution in [2.75, 3.05) is 0 Å². The van der Waals surface area contributed by atoms with Gasteiger partial charge in [0.2, 0.25) is 0 Å². The topological polar surface area (TPSA) is 12.4 Å². The minimum atomic E-state index is 0.225. The van der Waals surface area contributed by atoms with Gasteiger partial charge in [0.15, 0.2) is 0 Å². The van der Waals surface area contributed by atoms with Crippen LogP contribution in [0.4, 0.5) is 0 Å². The predicted octanol–water partition coefficient (Wildman–Crippen LogP) is 4.98. The summed E-state index contributed by atoms with van der Waals surface area (Å²) in [4.78, 5) is 4.73. The second kappa shape index (κ2) is 6.04. The third-order valence-corrected chi connectivity index (χ3v) is 4.98. The second-order valence-electron chi connectivity index (χ2n) is 7.06. The summed E-state index contributed by atoms with van der Waals surface area (Å²) in [5.41, 5.74) is 0.225. The third kappa shape index (κ3) is 4.26. The minimum absolute atomic E-state index is 0.225. The van der Waals surface area contributed by atoms with E-state index in [4.69, 9.17) is 4.99 Å². The van der Waals surface area contributed by atoms with Crippen molar-refractivity contribution < 1.29 is 0 Å². The molecule has 0 N–H and O–H groups in total. The van der Waals surface area contributed by atoms with Crippen LogP contribution in [0.15, 0.2) is 17.6 Å². The van der Waals surface area contributed by atoms with E-state index in [1.165, 1.54) is 6.42 Å². The molecule has 0 spiro atoms. The maximum absolute atomic E-state index is 4.73. The Bertz CT molecular complexity index is 295. The highest BCUT2D eigenvalue weighted by Gasteiger charge is 2.41. The largest absolute Gasteiger partial charge is 0.294 e.